The minimum atomic E-state index is -0.314. The monoisotopic (exact) mass is 281 g/mol. The molecular weight excluding hydrogens is 262 g/mol. The zero-order valence-corrected chi connectivity index (χ0v) is 11.7. The first-order chi connectivity index (χ1) is 9.22. The maximum atomic E-state index is 10.6. The van der Waals surface area contributed by atoms with E-state index in [0.717, 1.165) is 17.5 Å². The van der Waals surface area contributed by atoms with Crippen molar-refractivity contribution in [1.29, 1.82) is 0 Å². The molecule has 3 rings (SSSR count). The molecule has 0 amide bonds. The van der Waals surface area contributed by atoms with E-state index in [1.54, 1.807) is 6.07 Å². The molecule has 0 aromatic carbocycles. The van der Waals surface area contributed by atoms with E-state index in [2.05, 4.69) is 10.2 Å². The summed E-state index contributed by atoms with van der Waals surface area (Å²) in [4.78, 5) is 14.0. The van der Waals surface area contributed by atoms with Gasteiger partial charge >= 0.3 is 5.00 Å². The third-order valence-corrected chi connectivity index (χ3v) is 5.25. The van der Waals surface area contributed by atoms with Crippen molar-refractivity contribution < 1.29 is 4.92 Å². The molecule has 2 saturated heterocycles. The predicted molar refractivity (Wildman–Crippen MR) is 75.4 cm³/mol. The zero-order valence-electron chi connectivity index (χ0n) is 10.9. The lowest BCUT2D eigenvalue weighted by molar-refractivity contribution is -0.380. The van der Waals surface area contributed by atoms with Gasteiger partial charge in [0.1, 0.15) is 0 Å². The molecule has 0 bridgehead atoms. The van der Waals surface area contributed by atoms with Crippen molar-refractivity contribution in [3.63, 3.8) is 0 Å². The quantitative estimate of drug-likeness (QED) is 0.680. The summed E-state index contributed by atoms with van der Waals surface area (Å²) in [5.41, 5.74) is 0. The number of hydrogen-bond donors (Lipinski definition) is 1. The Morgan fingerprint density at radius 1 is 1.42 bits per heavy atom. The molecule has 5 nitrogen and oxygen atoms in total. The van der Waals surface area contributed by atoms with E-state index < -0.39 is 0 Å². The number of fused-ring (bicyclic) bond motifs is 1. The lowest BCUT2D eigenvalue weighted by atomic mass is 9.97. The Bertz CT molecular complexity index is 462. The van der Waals surface area contributed by atoms with Crippen molar-refractivity contribution in [2.45, 2.75) is 44.3 Å². The molecule has 19 heavy (non-hydrogen) atoms. The summed E-state index contributed by atoms with van der Waals surface area (Å²) in [7, 11) is 0. The number of nitro groups is 1. The fourth-order valence-electron chi connectivity index (χ4n) is 3.21. The lowest BCUT2D eigenvalue weighted by Gasteiger charge is -2.35. The first kappa shape index (κ1) is 13.0. The van der Waals surface area contributed by atoms with Crippen molar-refractivity contribution in [2.24, 2.45) is 0 Å². The number of nitrogens with zero attached hydrogens (tertiary/aromatic N) is 2. The highest BCUT2D eigenvalue weighted by Gasteiger charge is 2.31. The maximum absolute atomic E-state index is 10.6. The lowest BCUT2D eigenvalue weighted by Crippen LogP contribution is -2.45. The number of thiophene rings is 1. The van der Waals surface area contributed by atoms with Crippen LogP contribution in [0, 0.1) is 10.1 Å². The second-order valence-corrected chi connectivity index (χ2v) is 6.58. The largest absolute Gasteiger partial charge is 0.324 e. The van der Waals surface area contributed by atoms with Gasteiger partial charge in [-0.2, -0.15) is 0 Å². The normalized spacial score (nSPS) is 27.4. The van der Waals surface area contributed by atoms with Gasteiger partial charge in [0, 0.05) is 29.6 Å². The van der Waals surface area contributed by atoms with Gasteiger partial charge < -0.3 is 10.2 Å². The fourth-order valence-corrected chi connectivity index (χ4v) is 3.99. The molecule has 104 valence electrons. The molecule has 2 aliphatic rings. The average molecular weight is 281 g/mol. The van der Waals surface area contributed by atoms with Gasteiger partial charge in [0.25, 0.3) is 0 Å². The Kier molecular flexibility index (Phi) is 3.81. The molecule has 1 aromatic heterocycles. The van der Waals surface area contributed by atoms with Gasteiger partial charge in [-0.1, -0.05) is 11.3 Å². The Labute approximate surface area is 116 Å². The third kappa shape index (κ3) is 2.96. The van der Waals surface area contributed by atoms with Crippen LogP contribution in [0.25, 0.3) is 0 Å². The Morgan fingerprint density at radius 3 is 3.11 bits per heavy atom. The second kappa shape index (κ2) is 5.56. The predicted octanol–water partition coefficient (Wildman–Crippen LogP) is 2.37. The van der Waals surface area contributed by atoms with E-state index in [0.29, 0.717) is 6.04 Å². The number of piperidine rings is 1. The van der Waals surface area contributed by atoms with Crippen LogP contribution in [-0.2, 0) is 6.54 Å². The number of nitrogens with one attached hydrogen (secondary N) is 1. The van der Waals surface area contributed by atoms with Crippen LogP contribution in [0.5, 0.6) is 0 Å². The van der Waals surface area contributed by atoms with E-state index in [4.69, 9.17) is 0 Å². The van der Waals surface area contributed by atoms with Crippen LogP contribution in [-0.4, -0.2) is 35.0 Å². The molecule has 6 heteroatoms. The molecule has 2 atom stereocenters. The van der Waals surface area contributed by atoms with E-state index in [-0.39, 0.29) is 9.92 Å². The van der Waals surface area contributed by atoms with Crippen molar-refractivity contribution in [2.75, 3.05) is 13.1 Å². The van der Waals surface area contributed by atoms with E-state index in [1.807, 2.05) is 6.07 Å². The molecule has 1 N–H and O–H groups in total. The first-order valence-electron chi connectivity index (χ1n) is 6.93. The third-order valence-electron chi connectivity index (χ3n) is 4.21. The second-order valence-electron chi connectivity index (χ2n) is 5.43. The zero-order chi connectivity index (χ0) is 13.2. The Balaban J connectivity index is 1.50. The van der Waals surface area contributed by atoms with E-state index in [9.17, 15) is 10.1 Å². The molecule has 0 saturated carbocycles. The molecule has 0 spiro atoms. The van der Waals surface area contributed by atoms with Gasteiger partial charge in [0.15, 0.2) is 0 Å². The number of hydrogen-bond acceptors (Lipinski definition) is 5. The van der Waals surface area contributed by atoms with Crippen LogP contribution >= 0.6 is 11.3 Å². The highest BCUT2D eigenvalue weighted by atomic mass is 32.1. The van der Waals surface area contributed by atoms with Crippen LogP contribution in [0.3, 0.4) is 0 Å². The van der Waals surface area contributed by atoms with Gasteiger partial charge in [-0.05, 0) is 44.8 Å². The molecule has 0 radical (unpaired) electrons. The van der Waals surface area contributed by atoms with Gasteiger partial charge in [-0.3, -0.25) is 10.1 Å². The molecule has 2 aliphatic heterocycles. The highest BCUT2D eigenvalue weighted by molar-refractivity contribution is 7.15. The van der Waals surface area contributed by atoms with Gasteiger partial charge in [-0.15, -0.1) is 0 Å². The van der Waals surface area contributed by atoms with Crippen molar-refractivity contribution in [3.8, 4) is 0 Å². The Hall–Kier alpha value is -0.980. The summed E-state index contributed by atoms with van der Waals surface area (Å²) in [5, 5.41) is 14.4. The molecule has 1 aromatic rings. The van der Waals surface area contributed by atoms with Crippen LogP contribution in [0.2, 0.25) is 0 Å². The topological polar surface area (TPSA) is 58.4 Å². The van der Waals surface area contributed by atoms with Crippen molar-refractivity contribution in [3.05, 3.63) is 27.1 Å². The molecule has 2 fully saturated rings. The van der Waals surface area contributed by atoms with Crippen LogP contribution in [0.15, 0.2) is 12.1 Å². The molecule has 3 heterocycles. The van der Waals surface area contributed by atoms with Gasteiger partial charge in [-0.25, -0.2) is 0 Å². The summed E-state index contributed by atoms with van der Waals surface area (Å²) in [6, 6.07) is 4.80. The standard InChI is InChI=1S/C13H19N3O2S/c17-16(18)13-4-3-12(19-13)9-14-10-5-7-15-6-1-2-11(15)8-10/h3-4,10-11,14H,1-2,5-9H2. The highest BCUT2D eigenvalue weighted by Crippen LogP contribution is 2.28. The minimum absolute atomic E-state index is 0.238. The van der Waals surface area contributed by atoms with Crippen molar-refractivity contribution >= 4 is 16.3 Å². The SMILES string of the molecule is O=[N+]([O-])c1ccc(CNC2CCN3CCCC3C2)s1. The Morgan fingerprint density at radius 2 is 2.32 bits per heavy atom. The van der Waals surface area contributed by atoms with E-state index in [1.165, 1.54) is 50.1 Å². The number of rotatable bonds is 4. The fraction of sp³-hybridized carbons (Fsp3) is 0.692. The van der Waals surface area contributed by atoms with Gasteiger partial charge in [0.05, 0.1) is 4.92 Å². The molecule has 0 aliphatic carbocycles. The van der Waals surface area contributed by atoms with Crippen molar-refractivity contribution in [1.82, 2.24) is 10.2 Å². The summed E-state index contributed by atoms with van der Waals surface area (Å²) in [6.07, 6.45) is 5.11. The van der Waals surface area contributed by atoms with E-state index >= 15 is 0 Å². The maximum Gasteiger partial charge on any atom is 0.324 e. The summed E-state index contributed by atoms with van der Waals surface area (Å²) < 4.78 is 0. The first-order valence-corrected chi connectivity index (χ1v) is 7.74. The average Bonchev–Trinajstić information content (AvgIpc) is 3.04. The smallest absolute Gasteiger partial charge is 0.309 e. The minimum Gasteiger partial charge on any atom is -0.309 e. The summed E-state index contributed by atoms with van der Waals surface area (Å²) in [6.45, 7) is 3.23. The van der Waals surface area contributed by atoms with Crippen LogP contribution < -0.4 is 5.32 Å². The molecule has 2 unspecified atom stereocenters. The summed E-state index contributed by atoms with van der Waals surface area (Å²) in [5.74, 6) is 0. The van der Waals surface area contributed by atoms with Crippen LogP contribution in [0.4, 0.5) is 5.00 Å². The van der Waals surface area contributed by atoms with Gasteiger partial charge in [0.2, 0.25) is 0 Å². The molecular formula is C13H19N3O2S. The summed E-state index contributed by atoms with van der Waals surface area (Å²) >= 11 is 1.28. The van der Waals surface area contributed by atoms with Crippen LogP contribution in [0.1, 0.15) is 30.6 Å².